The lowest BCUT2D eigenvalue weighted by molar-refractivity contribution is -0.188. The lowest BCUT2D eigenvalue weighted by Gasteiger charge is -2.22. The largest absolute Gasteiger partial charge is 0.453 e. The molecule has 0 bridgehead atoms. The third-order valence-electron chi connectivity index (χ3n) is 2.14. The molecule has 0 fully saturated rings. The smallest absolute Gasteiger partial charge is 0.382 e. The Morgan fingerprint density at radius 2 is 1.75 bits per heavy atom. The summed E-state index contributed by atoms with van der Waals surface area (Å²) < 4.78 is 36.4. The van der Waals surface area contributed by atoms with E-state index >= 15 is 0 Å². The van der Waals surface area contributed by atoms with Gasteiger partial charge in [0.2, 0.25) is 0 Å². The maximum Gasteiger partial charge on any atom is 0.453 e. The van der Waals surface area contributed by atoms with E-state index in [0.717, 1.165) is 6.92 Å². The Bertz CT molecular complexity index is 369. The van der Waals surface area contributed by atoms with Crippen LogP contribution in [0, 0.1) is 0 Å². The van der Waals surface area contributed by atoms with E-state index in [1.807, 2.05) is 0 Å². The predicted octanol–water partition coefficient (Wildman–Crippen LogP) is 2.11. The first-order valence-corrected chi connectivity index (χ1v) is 4.61. The summed E-state index contributed by atoms with van der Waals surface area (Å²) in [6, 6.07) is 8.06. The van der Waals surface area contributed by atoms with Crippen LogP contribution in [-0.2, 0) is 11.2 Å². The van der Waals surface area contributed by atoms with Crippen molar-refractivity contribution < 1.29 is 23.1 Å². The molecule has 1 atom stereocenters. The highest BCUT2D eigenvalue weighted by Crippen LogP contribution is 2.26. The number of Topliss-reactive ketones (excluding diaryl/α,β-unsaturated/α-hetero) is 1. The van der Waals surface area contributed by atoms with Crippen LogP contribution in [0.3, 0.4) is 0 Å². The fraction of sp³-hybridized carbons (Fsp3) is 0.364. The first kappa shape index (κ1) is 12.7. The Kier molecular flexibility index (Phi) is 3.38. The maximum absolute atomic E-state index is 12.1. The van der Waals surface area contributed by atoms with Gasteiger partial charge in [0.1, 0.15) is 5.60 Å². The molecular formula is C11H11F3O2. The van der Waals surface area contributed by atoms with E-state index in [-0.39, 0.29) is 6.42 Å². The first-order valence-electron chi connectivity index (χ1n) is 4.61. The molecular weight excluding hydrogens is 221 g/mol. The number of halogens is 3. The Morgan fingerprint density at radius 3 is 2.19 bits per heavy atom. The Morgan fingerprint density at radius 1 is 1.25 bits per heavy atom. The summed E-state index contributed by atoms with van der Waals surface area (Å²) in [5, 5.41) is 9.50. The summed E-state index contributed by atoms with van der Waals surface area (Å²) in [5.74, 6) is -2.12. The molecule has 2 nitrogen and oxygen atoms in total. The molecule has 0 aliphatic carbocycles. The van der Waals surface area contributed by atoms with Crippen molar-refractivity contribution in [3.63, 3.8) is 0 Å². The van der Waals surface area contributed by atoms with E-state index in [9.17, 15) is 23.1 Å². The molecule has 1 N–H and O–H groups in total. The number of alkyl halides is 3. The van der Waals surface area contributed by atoms with Gasteiger partial charge in [-0.05, 0) is 12.5 Å². The van der Waals surface area contributed by atoms with Crippen LogP contribution in [-0.4, -0.2) is 22.7 Å². The van der Waals surface area contributed by atoms with Crippen LogP contribution >= 0.6 is 0 Å². The maximum atomic E-state index is 12.1. The molecule has 0 heterocycles. The quantitative estimate of drug-likeness (QED) is 0.866. The predicted molar refractivity (Wildman–Crippen MR) is 51.8 cm³/mol. The molecule has 0 unspecified atom stereocenters. The van der Waals surface area contributed by atoms with Crippen LogP contribution in [0.5, 0.6) is 0 Å². The summed E-state index contributed by atoms with van der Waals surface area (Å²) in [5.41, 5.74) is -1.94. The standard InChI is InChI=1S/C11H11F3O2/c1-10(16,9(15)11(12,13)14)7-8-5-3-2-4-6-8/h2-6,16H,7H2,1H3/t10-/m1/s1. The molecule has 0 amide bonds. The number of hydrogen-bond acceptors (Lipinski definition) is 2. The molecule has 0 spiro atoms. The van der Waals surface area contributed by atoms with E-state index in [2.05, 4.69) is 0 Å². The number of ketones is 1. The van der Waals surface area contributed by atoms with Crippen molar-refractivity contribution in [3.8, 4) is 0 Å². The molecule has 0 aromatic heterocycles. The van der Waals surface area contributed by atoms with E-state index < -0.39 is 17.6 Å². The summed E-state index contributed by atoms with van der Waals surface area (Å²) >= 11 is 0. The summed E-state index contributed by atoms with van der Waals surface area (Å²) in [7, 11) is 0. The highest BCUT2D eigenvalue weighted by Gasteiger charge is 2.49. The first-order chi connectivity index (χ1) is 7.23. The van der Waals surface area contributed by atoms with Crippen LogP contribution in [0.15, 0.2) is 30.3 Å². The van der Waals surface area contributed by atoms with Gasteiger partial charge in [-0.25, -0.2) is 0 Å². The second-order valence-corrected chi connectivity index (χ2v) is 3.76. The van der Waals surface area contributed by atoms with Crippen molar-refractivity contribution >= 4 is 5.78 Å². The van der Waals surface area contributed by atoms with E-state index in [0.29, 0.717) is 5.56 Å². The van der Waals surface area contributed by atoms with Gasteiger partial charge in [-0.15, -0.1) is 0 Å². The van der Waals surface area contributed by atoms with Gasteiger partial charge in [0, 0.05) is 6.42 Å². The van der Waals surface area contributed by atoms with E-state index in [1.165, 1.54) is 0 Å². The zero-order valence-electron chi connectivity index (χ0n) is 8.58. The minimum Gasteiger partial charge on any atom is -0.382 e. The molecule has 1 aromatic carbocycles. The monoisotopic (exact) mass is 232 g/mol. The molecule has 0 saturated heterocycles. The lowest BCUT2D eigenvalue weighted by Crippen LogP contribution is -2.46. The minimum atomic E-state index is -5.02. The molecule has 0 aliphatic heterocycles. The molecule has 5 heteroatoms. The lowest BCUT2D eigenvalue weighted by atomic mass is 9.92. The van der Waals surface area contributed by atoms with Crippen LogP contribution in [0.4, 0.5) is 13.2 Å². The summed E-state index contributed by atoms with van der Waals surface area (Å²) in [4.78, 5) is 10.9. The van der Waals surface area contributed by atoms with E-state index in [1.54, 1.807) is 30.3 Å². The van der Waals surface area contributed by atoms with Gasteiger partial charge < -0.3 is 5.11 Å². The number of benzene rings is 1. The van der Waals surface area contributed by atoms with Crippen LogP contribution in [0.25, 0.3) is 0 Å². The third-order valence-corrected chi connectivity index (χ3v) is 2.14. The SMILES string of the molecule is C[C@@](O)(Cc1ccccc1)C(=O)C(F)(F)F. The van der Waals surface area contributed by atoms with Crippen molar-refractivity contribution in [3.05, 3.63) is 35.9 Å². The fourth-order valence-corrected chi connectivity index (χ4v) is 1.38. The second kappa shape index (κ2) is 4.25. The Labute approximate surface area is 90.7 Å². The third kappa shape index (κ3) is 3.06. The van der Waals surface area contributed by atoms with Crippen molar-refractivity contribution in [1.82, 2.24) is 0 Å². The van der Waals surface area contributed by atoms with Gasteiger partial charge in [-0.2, -0.15) is 13.2 Å². The number of carbonyl (C=O) groups excluding carboxylic acids is 1. The molecule has 0 radical (unpaired) electrons. The summed E-state index contributed by atoms with van der Waals surface area (Å²) in [6.45, 7) is 0.871. The van der Waals surface area contributed by atoms with Gasteiger partial charge in [0.25, 0.3) is 5.78 Å². The fourth-order valence-electron chi connectivity index (χ4n) is 1.38. The van der Waals surface area contributed by atoms with Crippen molar-refractivity contribution in [2.45, 2.75) is 25.1 Å². The zero-order chi connectivity index (χ0) is 12.4. The van der Waals surface area contributed by atoms with Crippen LogP contribution in [0.1, 0.15) is 12.5 Å². The zero-order valence-corrected chi connectivity index (χ0v) is 8.58. The average Bonchev–Trinajstić information content (AvgIpc) is 2.16. The highest BCUT2D eigenvalue weighted by molar-refractivity contribution is 5.91. The van der Waals surface area contributed by atoms with Gasteiger partial charge >= 0.3 is 6.18 Å². The topological polar surface area (TPSA) is 37.3 Å². The van der Waals surface area contributed by atoms with E-state index in [4.69, 9.17) is 0 Å². The number of rotatable bonds is 3. The number of hydrogen-bond donors (Lipinski definition) is 1. The average molecular weight is 232 g/mol. The molecule has 88 valence electrons. The number of aliphatic hydroxyl groups is 1. The molecule has 0 aliphatic rings. The van der Waals surface area contributed by atoms with Crippen LogP contribution < -0.4 is 0 Å². The van der Waals surface area contributed by atoms with Crippen molar-refractivity contribution in [2.75, 3.05) is 0 Å². The molecule has 16 heavy (non-hydrogen) atoms. The van der Waals surface area contributed by atoms with Gasteiger partial charge in [-0.3, -0.25) is 4.79 Å². The molecule has 1 rings (SSSR count). The molecule has 0 saturated carbocycles. The summed E-state index contributed by atoms with van der Waals surface area (Å²) in [6.07, 6.45) is -5.37. The minimum absolute atomic E-state index is 0.355. The normalized spacial score (nSPS) is 15.6. The van der Waals surface area contributed by atoms with Gasteiger partial charge in [0.05, 0.1) is 0 Å². The second-order valence-electron chi connectivity index (χ2n) is 3.76. The molecule has 1 aromatic rings. The van der Waals surface area contributed by atoms with Crippen molar-refractivity contribution in [2.24, 2.45) is 0 Å². The number of carbonyl (C=O) groups is 1. The van der Waals surface area contributed by atoms with Gasteiger partial charge in [-0.1, -0.05) is 30.3 Å². The van der Waals surface area contributed by atoms with Crippen LogP contribution in [0.2, 0.25) is 0 Å². The van der Waals surface area contributed by atoms with Crippen molar-refractivity contribution in [1.29, 1.82) is 0 Å². The Hall–Kier alpha value is -1.36. The van der Waals surface area contributed by atoms with Gasteiger partial charge in [0.15, 0.2) is 0 Å². The Balaban J connectivity index is 2.84. The highest BCUT2D eigenvalue weighted by atomic mass is 19.4.